The molecule has 0 radical (unpaired) electrons. The smallest absolute Gasteiger partial charge is 0.273 e. The quantitative estimate of drug-likeness (QED) is 0.242. The maximum atomic E-state index is 12.6. The van der Waals surface area contributed by atoms with E-state index in [0.717, 1.165) is 36.8 Å². The fourth-order valence-electron chi connectivity index (χ4n) is 2.96. The summed E-state index contributed by atoms with van der Waals surface area (Å²) in [5.74, 6) is -0.394. The third kappa shape index (κ3) is 6.33. The van der Waals surface area contributed by atoms with Gasteiger partial charge in [0.25, 0.3) is 21.6 Å². The van der Waals surface area contributed by atoms with E-state index in [9.17, 15) is 23.3 Å². The number of carbonyl (C=O) groups is 1. The van der Waals surface area contributed by atoms with E-state index in [4.69, 9.17) is 0 Å². The highest BCUT2D eigenvalue weighted by Crippen LogP contribution is 2.24. The van der Waals surface area contributed by atoms with Crippen LogP contribution in [0.5, 0.6) is 0 Å². The number of rotatable bonds is 10. The molecular formula is C21H23N5O5S2. The molecule has 0 aliphatic rings. The summed E-state index contributed by atoms with van der Waals surface area (Å²) in [5.41, 5.74) is 0.600. The predicted molar refractivity (Wildman–Crippen MR) is 126 cm³/mol. The number of nitrogens with one attached hydrogen (secondary N) is 2. The largest absolute Gasteiger partial charge is 0.296 e. The van der Waals surface area contributed by atoms with Gasteiger partial charge in [0.05, 0.1) is 9.82 Å². The van der Waals surface area contributed by atoms with Crippen molar-refractivity contribution in [1.82, 2.24) is 10.2 Å². The minimum absolute atomic E-state index is 0.212. The molecule has 3 aromatic rings. The number of aryl methyl sites for hydroxylation is 2. The number of aromatic nitrogens is 2. The lowest BCUT2D eigenvalue weighted by molar-refractivity contribution is -0.385. The van der Waals surface area contributed by atoms with Gasteiger partial charge in [0, 0.05) is 29.3 Å². The van der Waals surface area contributed by atoms with Crippen molar-refractivity contribution >= 4 is 43.8 Å². The zero-order chi connectivity index (χ0) is 24.0. The van der Waals surface area contributed by atoms with Crippen molar-refractivity contribution in [3.63, 3.8) is 0 Å². The SMILES string of the molecule is CCCCCc1nnc(NC(=O)c2ccc(NS(=O)(=O)c3ccc(C)c([N+](=O)[O-])c3)cc2)s1. The first-order valence-corrected chi connectivity index (χ1v) is 12.5. The number of unbranched alkanes of at least 4 members (excludes halogenated alkanes) is 2. The number of nitrogens with zero attached hydrogens (tertiary/aromatic N) is 3. The molecule has 0 aliphatic carbocycles. The second-order valence-electron chi connectivity index (χ2n) is 7.30. The first kappa shape index (κ1) is 24.3. The number of amides is 1. The van der Waals surface area contributed by atoms with Crippen LogP contribution in [-0.4, -0.2) is 29.4 Å². The van der Waals surface area contributed by atoms with Gasteiger partial charge in [0.2, 0.25) is 5.13 Å². The molecule has 0 atom stereocenters. The number of carbonyl (C=O) groups excluding carboxylic acids is 1. The number of benzene rings is 2. The van der Waals surface area contributed by atoms with E-state index in [1.165, 1.54) is 54.7 Å². The van der Waals surface area contributed by atoms with E-state index in [1.807, 2.05) is 0 Å². The number of nitro groups is 1. The van der Waals surface area contributed by atoms with Gasteiger partial charge < -0.3 is 0 Å². The van der Waals surface area contributed by atoms with Crippen LogP contribution in [0.4, 0.5) is 16.5 Å². The number of sulfonamides is 1. The van der Waals surface area contributed by atoms with Gasteiger partial charge in [-0.15, -0.1) is 10.2 Å². The van der Waals surface area contributed by atoms with Gasteiger partial charge in [0.1, 0.15) is 5.01 Å². The van der Waals surface area contributed by atoms with Gasteiger partial charge in [-0.25, -0.2) is 8.42 Å². The van der Waals surface area contributed by atoms with Crippen molar-refractivity contribution in [1.29, 1.82) is 0 Å². The second-order valence-corrected chi connectivity index (χ2v) is 10.0. The molecule has 1 aromatic heterocycles. The van der Waals surface area contributed by atoms with Crippen LogP contribution in [0.2, 0.25) is 0 Å². The van der Waals surface area contributed by atoms with Crippen LogP contribution in [-0.2, 0) is 16.4 Å². The molecular weight excluding hydrogens is 466 g/mol. The molecule has 33 heavy (non-hydrogen) atoms. The topological polar surface area (TPSA) is 144 Å². The predicted octanol–water partition coefficient (Wildman–Crippen LogP) is 4.54. The average molecular weight is 490 g/mol. The highest BCUT2D eigenvalue weighted by Gasteiger charge is 2.20. The monoisotopic (exact) mass is 489 g/mol. The van der Waals surface area contributed by atoms with Crippen LogP contribution >= 0.6 is 11.3 Å². The molecule has 0 unspecified atom stereocenters. The maximum Gasteiger partial charge on any atom is 0.273 e. The molecule has 1 amide bonds. The van der Waals surface area contributed by atoms with E-state index in [0.29, 0.717) is 16.3 Å². The average Bonchev–Trinajstić information content (AvgIpc) is 3.21. The summed E-state index contributed by atoms with van der Waals surface area (Å²) in [6.07, 6.45) is 4.06. The Morgan fingerprint density at radius 3 is 2.52 bits per heavy atom. The highest BCUT2D eigenvalue weighted by atomic mass is 32.2. The highest BCUT2D eigenvalue weighted by molar-refractivity contribution is 7.92. The van der Waals surface area contributed by atoms with Crippen molar-refractivity contribution in [3.05, 3.63) is 68.7 Å². The first-order chi connectivity index (χ1) is 15.7. The molecule has 0 bridgehead atoms. The van der Waals surface area contributed by atoms with Gasteiger partial charge >= 0.3 is 0 Å². The van der Waals surface area contributed by atoms with Crippen LogP contribution in [0, 0.1) is 17.0 Å². The Hall–Kier alpha value is -3.38. The van der Waals surface area contributed by atoms with Crippen LogP contribution < -0.4 is 10.0 Å². The Labute approximate surface area is 195 Å². The molecule has 2 N–H and O–H groups in total. The van der Waals surface area contributed by atoms with Crippen molar-refractivity contribution in [2.75, 3.05) is 10.0 Å². The number of nitro benzene ring substituents is 1. The summed E-state index contributed by atoms with van der Waals surface area (Å²) in [6, 6.07) is 9.49. The molecule has 12 heteroatoms. The van der Waals surface area contributed by atoms with Crippen molar-refractivity contribution in [3.8, 4) is 0 Å². The molecule has 0 saturated heterocycles. The standard InChI is InChI=1S/C21H23N5O5S2/c1-3-4-5-6-19-23-24-21(32-19)22-20(27)15-8-10-16(11-9-15)25-33(30,31)17-12-7-14(2)18(13-17)26(28)29/h7-13,25H,3-6H2,1-2H3,(H,22,24,27). The summed E-state index contributed by atoms with van der Waals surface area (Å²) in [4.78, 5) is 22.7. The van der Waals surface area contributed by atoms with Crippen molar-refractivity contribution in [2.24, 2.45) is 0 Å². The third-order valence-electron chi connectivity index (χ3n) is 4.77. The summed E-state index contributed by atoms with van der Waals surface area (Å²) >= 11 is 1.33. The van der Waals surface area contributed by atoms with Crippen LogP contribution in [0.25, 0.3) is 0 Å². The minimum atomic E-state index is -4.05. The fraction of sp³-hybridized carbons (Fsp3) is 0.286. The van der Waals surface area contributed by atoms with E-state index >= 15 is 0 Å². The Morgan fingerprint density at radius 1 is 1.12 bits per heavy atom. The molecule has 0 spiro atoms. The zero-order valence-corrected chi connectivity index (χ0v) is 19.7. The first-order valence-electron chi connectivity index (χ1n) is 10.2. The summed E-state index contributed by atoms with van der Waals surface area (Å²) in [7, 11) is -4.05. The second kappa shape index (κ2) is 10.5. The van der Waals surface area contributed by atoms with Gasteiger partial charge in [-0.1, -0.05) is 37.2 Å². The fourth-order valence-corrected chi connectivity index (χ4v) is 4.81. The molecule has 0 fully saturated rings. The Morgan fingerprint density at radius 2 is 1.85 bits per heavy atom. The normalized spacial score (nSPS) is 11.2. The van der Waals surface area contributed by atoms with Gasteiger partial charge in [-0.05, 0) is 43.7 Å². The lowest BCUT2D eigenvalue weighted by Gasteiger charge is -2.09. The molecule has 2 aromatic carbocycles. The van der Waals surface area contributed by atoms with Gasteiger partial charge in [0.15, 0.2) is 0 Å². The Balaban J connectivity index is 1.66. The van der Waals surface area contributed by atoms with Crippen molar-refractivity contribution < 1.29 is 18.1 Å². The lowest BCUT2D eigenvalue weighted by Crippen LogP contribution is -2.14. The zero-order valence-electron chi connectivity index (χ0n) is 18.1. The van der Waals surface area contributed by atoms with E-state index in [-0.39, 0.29) is 16.3 Å². The lowest BCUT2D eigenvalue weighted by atomic mass is 10.2. The molecule has 0 saturated carbocycles. The minimum Gasteiger partial charge on any atom is -0.296 e. The third-order valence-corrected chi connectivity index (χ3v) is 7.05. The van der Waals surface area contributed by atoms with E-state index in [1.54, 1.807) is 0 Å². The maximum absolute atomic E-state index is 12.6. The summed E-state index contributed by atoms with van der Waals surface area (Å²) < 4.78 is 27.6. The van der Waals surface area contributed by atoms with Crippen molar-refractivity contribution in [2.45, 2.75) is 44.4 Å². The van der Waals surface area contributed by atoms with Gasteiger partial charge in [-0.2, -0.15) is 0 Å². The number of hydrogen-bond donors (Lipinski definition) is 2. The van der Waals surface area contributed by atoms with Crippen LogP contribution in [0.1, 0.15) is 47.1 Å². The Kier molecular flexibility index (Phi) is 7.71. The summed E-state index contributed by atoms with van der Waals surface area (Å²) in [6.45, 7) is 3.65. The molecule has 10 nitrogen and oxygen atoms in total. The van der Waals surface area contributed by atoms with Gasteiger partial charge in [-0.3, -0.25) is 24.9 Å². The summed E-state index contributed by atoms with van der Waals surface area (Å²) in [5, 5.41) is 23.1. The van der Waals surface area contributed by atoms with Crippen LogP contribution in [0.3, 0.4) is 0 Å². The molecule has 1 heterocycles. The molecule has 0 aliphatic heterocycles. The van der Waals surface area contributed by atoms with Crippen LogP contribution in [0.15, 0.2) is 47.4 Å². The van der Waals surface area contributed by atoms with E-state index in [2.05, 4.69) is 27.2 Å². The number of anilines is 2. The Bertz CT molecular complexity index is 1260. The number of hydrogen-bond acceptors (Lipinski definition) is 8. The molecule has 174 valence electrons. The molecule has 3 rings (SSSR count). The van der Waals surface area contributed by atoms with E-state index < -0.39 is 20.9 Å².